The molecule has 2 aromatic carbocycles. The van der Waals surface area contributed by atoms with Gasteiger partial charge in [0.2, 0.25) is 21.8 Å². The molecule has 0 saturated carbocycles. The highest BCUT2D eigenvalue weighted by Gasteiger charge is 2.29. The van der Waals surface area contributed by atoms with Crippen LogP contribution in [0.15, 0.2) is 42.5 Å². The summed E-state index contributed by atoms with van der Waals surface area (Å²) < 4.78 is 31.5. The Morgan fingerprint density at radius 2 is 1.84 bits per heavy atom. The number of methoxy groups -OCH3 is 1. The van der Waals surface area contributed by atoms with E-state index in [1.165, 1.54) is 17.5 Å². The van der Waals surface area contributed by atoms with Gasteiger partial charge in [0.25, 0.3) is 0 Å². The van der Waals surface area contributed by atoms with Crippen LogP contribution in [0.1, 0.15) is 51.2 Å². The first kappa shape index (κ1) is 31.4. The molecule has 0 bridgehead atoms. The van der Waals surface area contributed by atoms with Crippen molar-refractivity contribution in [2.24, 2.45) is 5.92 Å². The zero-order valence-electron chi connectivity index (χ0n) is 23.2. The van der Waals surface area contributed by atoms with Crippen molar-refractivity contribution in [2.75, 3.05) is 30.8 Å². The zero-order valence-corrected chi connectivity index (χ0v) is 24.7. The van der Waals surface area contributed by atoms with Gasteiger partial charge in [0, 0.05) is 26.1 Å². The summed E-state index contributed by atoms with van der Waals surface area (Å²) in [6, 6.07) is 12.0. The van der Waals surface area contributed by atoms with Crippen molar-refractivity contribution in [3.63, 3.8) is 0 Å². The second-order valence-corrected chi connectivity index (χ2v) is 12.1. The van der Waals surface area contributed by atoms with E-state index in [1.54, 1.807) is 17.0 Å². The van der Waals surface area contributed by atoms with Crippen molar-refractivity contribution in [1.82, 2.24) is 10.2 Å². The second-order valence-electron chi connectivity index (χ2n) is 9.83. The zero-order chi connectivity index (χ0) is 28.5. The van der Waals surface area contributed by atoms with Crippen LogP contribution in [0.5, 0.6) is 5.75 Å². The lowest BCUT2D eigenvalue weighted by Crippen LogP contribution is -2.49. The Bertz CT molecular complexity index is 1200. The lowest BCUT2D eigenvalue weighted by Gasteiger charge is -2.31. The van der Waals surface area contributed by atoms with Gasteiger partial charge in [0.15, 0.2) is 0 Å². The van der Waals surface area contributed by atoms with E-state index in [9.17, 15) is 18.0 Å². The summed E-state index contributed by atoms with van der Waals surface area (Å²) in [5.41, 5.74) is 2.38. The van der Waals surface area contributed by atoms with Crippen molar-refractivity contribution in [3.8, 4) is 5.75 Å². The SMILES string of the molecule is CC[C@H](C(=O)NCC(C)C)N(Cc1cccc(C)c1)C(=O)CCCN(c1ccc(OC)c(Cl)c1)S(C)(=O)=O. The molecule has 0 aromatic heterocycles. The molecule has 38 heavy (non-hydrogen) atoms. The van der Waals surface area contributed by atoms with Gasteiger partial charge >= 0.3 is 0 Å². The molecule has 1 atom stereocenters. The number of carbonyl (C=O) groups excluding carboxylic acids is 2. The Kier molecular flexibility index (Phi) is 11.9. The standard InChI is InChI=1S/C28H40ClN3O5S/c1-7-25(28(34)30-18-20(2)3)31(19-22-11-8-10-21(4)16-22)27(33)12-9-15-32(38(6,35)36)23-13-14-26(37-5)24(29)17-23/h8,10-11,13-14,16-17,20,25H,7,9,12,15,18-19H2,1-6H3,(H,30,34)/t25-/m1/s1. The molecule has 8 nitrogen and oxygen atoms in total. The molecular formula is C28H40ClN3O5S. The Labute approximate surface area is 232 Å². The van der Waals surface area contributed by atoms with Crippen LogP contribution < -0.4 is 14.4 Å². The maximum absolute atomic E-state index is 13.5. The molecule has 0 unspecified atom stereocenters. The van der Waals surface area contributed by atoms with Gasteiger partial charge in [-0.1, -0.05) is 62.2 Å². The number of sulfonamides is 1. The highest BCUT2D eigenvalue weighted by molar-refractivity contribution is 7.92. The Balaban J connectivity index is 2.23. The maximum atomic E-state index is 13.5. The number of aryl methyl sites for hydroxylation is 1. The van der Waals surface area contributed by atoms with Crippen LogP contribution in [0.25, 0.3) is 0 Å². The molecule has 0 fully saturated rings. The van der Waals surface area contributed by atoms with Crippen molar-refractivity contribution in [3.05, 3.63) is 58.6 Å². The molecule has 2 aromatic rings. The number of halogens is 1. The molecule has 210 valence electrons. The maximum Gasteiger partial charge on any atom is 0.242 e. The molecule has 10 heteroatoms. The average molecular weight is 566 g/mol. The fourth-order valence-electron chi connectivity index (χ4n) is 4.16. The van der Waals surface area contributed by atoms with E-state index in [4.69, 9.17) is 16.3 Å². The van der Waals surface area contributed by atoms with E-state index in [0.29, 0.717) is 24.4 Å². The molecule has 0 aliphatic heterocycles. The van der Waals surface area contributed by atoms with Crippen molar-refractivity contribution in [2.45, 2.75) is 59.5 Å². The predicted molar refractivity (Wildman–Crippen MR) is 153 cm³/mol. The third kappa shape index (κ3) is 9.20. The van der Waals surface area contributed by atoms with Gasteiger partial charge in [0.1, 0.15) is 11.8 Å². The third-order valence-corrected chi connectivity index (χ3v) is 7.57. The fraction of sp³-hybridized carbons (Fsp3) is 0.500. The molecule has 2 rings (SSSR count). The molecule has 2 amide bonds. The smallest absolute Gasteiger partial charge is 0.242 e. The largest absolute Gasteiger partial charge is 0.495 e. The third-order valence-electron chi connectivity index (χ3n) is 6.08. The summed E-state index contributed by atoms with van der Waals surface area (Å²) in [7, 11) is -2.15. The highest BCUT2D eigenvalue weighted by Crippen LogP contribution is 2.30. The minimum absolute atomic E-state index is 0.0791. The van der Waals surface area contributed by atoms with Crippen LogP contribution in [0.2, 0.25) is 5.02 Å². The normalized spacial score (nSPS) is 12.2. The van der Waals surface area contributed by atoms with Crippen molar-refractivity contribution in [1.29, 1.82) is 0 Å². The molecular weight excluding hydrogens is 526 g/mol. The Hall–Kier alpha value is -2.78. The first-order valence-electron chi connectivity index (χ1n) is 12.8. The number of anilines is 1. The first-order valence-corrected chi connectivity index (χ1v) is 15.0. The van der Waals surface area contributed by atoms with Crippen LogP contribution >= 0.6 is 11.6 Å². The number of amides is 2. The van der Waals surface area contributed by atoms with Gasteiger partial charge in [-0.25, -0.2) is 8.42 Å². The lowest BCUT2D eigenvalue weighted by molar-refractivity contribution is -0.141. The summed E-state index contributed by atoms with van der Waals surface area (Å²) in [5, 5.41) is 3.24. The quantitative estimate of drug-likeness (QED) is 0.355. The number of hydrogen-bond acceptors (Lipinski definition) is 5. The molecule has 0 saturated heterocycles. The molecule has 0 spiro atoms. The van der Waals surface area contributed by atoms with Crippen LogP contribution in [-0.4, -0.2) is 57.6 Å². The monoisotopic (exact) mass is 565 g/mol. The topological polar surface area (TPSA) is 96.0 Å². The molecule has 0 heterocycles. The number of nitrogens with zero attached hydrogens (tertiary/aromatic N) is 2. The van der Waals surface area contributed by atoms with Gasteiger partial charge in [-0.3, -0.25) is 13.9 Å². The number of rotatable bonds is 14. The van der Waals surface area contributed by atoms with E-state index in [2.05, 4.69) is 5.32 Å². The summed E-state index contributed by atoms with van der Waals surface area (Å²) in [6.07, 6.45) is 1.92. The van der Waals surface area contributed by atoms with Crippen molar-refractivity contribution >= 4 is 39.1 Å². The lowest BCUT2D eigenvalue weighted by atomic mass is 10.1. The molecule has 0 aliphatic carbocycles. The predicted octanol–water partition coefficient (Wildman–Crippen LogP) is 4.78. The van der Waals surface area contributed by atoms with E-state index >= 15 is 0 Å². The number of carbonyl (C=O) groups is 2. The molecule has 0 radical (unpaired) electrons. The van der Waals surface area contributed by atoms with E-state index < -0.39 is 16.1 Å². The summed E-state index contributed by atoms with van der Waals surface area (Å²) in [4.78, 5) is 28.2. The number of nitrogens with one attached hydrogen (secondary N) is 1. The molecule has 1 N–H and O–H groups in total. The number of ether oxygens (including phenoxy) is 1. The summed E-state index contributed by atoms with van der Waals surface area (Å²) in [5.74, 6) is 0.324. The van der Waals surface area contributed by atoms with Crippen LogP contribution in [-0.2, 0) is 26.2 Å². The first-order chi connectivity index (χ1) is 17.9. The van der Waals surface area contributed by atoms with E-state index in [-0.39, 0.29) is 48.7 Å². The second kappa shape index (κ2) is 14.4. The van der Waals surface area contributed by atoms with E-state index in [0.717, 1.165) is 17.4 Å². The van der Waals surface area contributed by atoms with Gasteiger partial charge in [-0.15, -0.1) is 0 Å². The minimum Gasteiger partial charge on any atom is -0.495 e. The number of hydrogen-bond donors (Lipinski definition) is 1. The Morgan fingerprint density at radius 3 is 2.39 bits per heavy atom. The minimum atomic E-state index is -3.63. The van der Waals surface area contributed by atoms with Gasteiger partial charge in [-0.05, 0) is 49.4 Å². The Morgan fingerprint density at radius 1 is 1.13 bits per heavy atom. The van der Waals surface area contributed by atoms with Gasteiger partial charge in [-0.2, -0.15) is 0 Å². The summed E-state index contributed by atoms with van der Waals surface area (Å²) in [6.45, 7) is 8.79. The van der Waals surface area contributed by atoms with Gasteiger partial charge in [0.05, 0.1) is 24.1 Å². The fourth-order valence-corrected chi connectivity index (χ4v) is 5.37. The van der Waals surface area contributed by atoms with Gasteiger partial charge < -0.3 is 15.0 Å². The molecule has 0 aliphatic rings. The van der Waals surface area contributed by atoms with E-state index in [1.807, 2.05) is 52.0 Å². The van der Waals surface area contributed by atoms with Crippen LogP contribution in [0.3, 0.4) is 0 Å². The van der Waals surface area contributed by atoms with Crippen LogP contribution in [0, 0.1) is 12.8 Å². The van der Waals surface area contributed by atoms with Crippen molar-refractivity contribution < 1.29 is 22.7 Å². The van der Waals surface area contributed by atoms with Crippen LogP contribution in [0.4, 0.5) is 5.69 Å². The highest BCUT2D eigenvalue weighted by atomic mass is 35.5. The number of benzene rings is 2. The summed E-state index contributed by atoms with van der Waals surface area (Å²) >= 11 is 6.22. The average Bonchev–Trinajstić information content (AvgIpc) is 2.84.